The molecular formula is C9H13N3. The number of aliphatic imine (C=N–C) groups is 1. The number of hydrogen-bond donors (Lipinski definition) is 0. The molecule has 0 spiro atoms. The molecule has 1 aliphatic rings. The summed E-state index contributed by atoms with van der Waals surface area (Å²) < 4.78 is 2.10. The van der Waals surface area contributed by atoms with Gasteiger partial charge >= 0.3 is 0 Å². The fourth-order valence-electron chi connectivity index (χ4n) is 1.39. The normalized spacial score (nSPS) is 21.4. The Balaban J connectivity index is 2.24. The Hall–Kier alpha value is -1.12. The minimum absolute atomic E-state index is 0.562. The molecule has 0 bridgehead atoms. The van der Waals surface area contributed by atoms with E-state index in [-0.39, 0.29) is 0 Å². The fourth-order valence-corrected chi connectivity index (χ4v) is 1.39. The van der Waals surface area contributed by atoms with Gasteiger partial charge in [0.2, 0.25) is 5.95 Å². The Morgan fingerprint density at radius 1 is 1.58 bits per heavy atom. The highest BCUT2D eigenvalue weighted by Crippen LogP contribution is 2.20. The van der Waals surface area contributed by atoms with Crippen molar-refractivity contribution in [2.45, 2.75) is 20.4 Å². The highest BCUT2D eigenvalue weighted by molar-refractivity contribution is 5.65. The third-order valence-corrected chi connectivity index (χ3v) is 2.34. The molecule has 64 valence electrons. The Labute approximate surface area is 72.1 Å². The highest BCUT2D eigenvalue weighted by atomic mass is 15.2. The predicted octanol–water partition coefficient (Wildman–Crippen LogP) is 1.87. The molecule has 1 aromatic heterocycles. The average Bonchev–Trinajstić information content (AvgIpc) is 2.49. The smallest absolute Gasteiger partial charge is 0.229 e. The lowest BCUT2D eigenvalue weighted by Gasteiger charge is -2.20. The van der Waals surface area contributed by atoms with Crippen molar-refractivity contribution in [1.82, 2.24) is 9.55 Å². The molecule has 0 N–H and O–H groups in total. The van der Waals surface area contributed by atoms with E-state index in [4.69, 9.17) is 0 Å². The molecule has 0 radical (unpaired) electrons. The van der Waals surface area contributed by atoms with Crippen molar-refractivity contribution in [1.29, 1.82) is 0 Å². The first kappa shape index (κ1) is 7.53. The third-order valence-electron chi connectivity index (χ3n) is 2.34. The van der Waals surface area contributed by atoms with Gasteiger partial charge < -0.3 is 4.57 Å². The largest absolute Gasteiger partial charge is 0.315 e. The van der Waals surface area contributed by atoms with Gasteiger partial charge in [0.15, 0.2) is 0 Å². The van der Waals surface area contributed by atoms with Crippen LogP contribution in [0.15, 0.2) is 17.4 Å². The van der Waals surface area contributed by atoms with E-state index >= 15 is 0 Å². The lowest BCUT2D eigenvalue weighted by atomic mass is 9.96. The summed E-state index contributed by atoms with van der Waals surface area (Å²) in [6, 6.07) is 0. The van der Waals surface area contributed by atoms with Crippen LogP contribution in [-0.4, -0.2) is 15.8 Å². The number of imidazole rings is 1. The molecule has 1 aromatic rings. The second-order valence-corrected chi connectivity index (χ2v) is 3.57. The summed E-state index contributed by atoms with van der Waals surface area (Å²) in [5.41, 5.74) is 0. The molecule has 3 heteroatoms. The van der Waals surface area contributed by atoms with Gasteiger partial charge in [-0.2, -0.15) is 0 Å². The van der Waals surface area contributed by atoms with Gasteiger partial charge in [-0.15, -0.1) is 0 Å². The lowest BCUT2D eigenvalue weighted by molar-refractivity contribution is 0.431. The summed E-state index contributed by atoms with van der Waals surface area (Å²) in [4.78, 5) is 8.40. The summed E-state index contributed by atoms with van der Waals surface area (Å²) in [7, 11) is 0. The topological polar surface area (TPSA) is 30.2 Å². The minimum atomic E-state index is 0.562. The summed E-state index contributed by atoms with van der Waals surface area (Å²) >= 11 is 0. The summed E-state index contributed by atoms with van der Waals surface area (Å²) in [6.45, 7) is 5.47. The van der Waals surface area contributed by atoms with Crippen LogP contribution in [-0.2, 0) is 6.54 Å². The van der Waals surface area contributed by atoms with E-state index in [9.17, 15) is 0 Å². The molecule has 0 aromatic carbocycles. The molecule has 0 amide bonds. The molecule has 1 aliphatic heterocycles. The molecule has 1 atom stereocenters. The average molecular weight is 163 g/mol. The van der Waals surface area contributed by atoms with E-state index in [0.717, 1.165) is 12.5 Å². The van der Waals surface area contributed by atoms with Crippen LogP contribution in [0.5, 0.6) is 0 Å². The van der Waals surface area contributed by atoms with Gasteiger partial charge in [0.1, 0.15) is 0 Å². The second kappa shape index (κ2) is 2.73. The zero-order valence-electron chi connectivity index (χ0n) is 7.44. The van der Waals surface area contributed by atoms with E-state index in [0.29, 0.717) is 11.8 Å². The molecule has 0 unspecified atom stereocenters. The summed E-state index contributed by atoms with van der Waals surface area (Å²) in [6.07, 6.45) is 5.81. The van der Waals surface area contributed by atoms with Crippen molar-refractivity contribution in [2.24, 2.45) is 16.8 Å². The first-order valence-electron chi connectivity index (χ1n) is 4.32. The standard InChI is InChI=1S/C9H13N3/c1-7(2)8-5-11-9-10-3-4-12(9)6-8/h3-5,7-8H,6H2,1-2H3/t8-/m1/s1. The molecule has 0 saturated carbocycles. The van der Waals surface area contributed by atoms with Gasteiger partial charge in [-0.05, 0) is 5.92 Å². The van der Waals surface area contributed by atoms with Crippen LogP contribution >= 0.6 is 0 Å². The van der Waals surface area contributed by atoms with Crippen LogP contribution in [0.25, 0.3) is 0 Å². The van der Waals surface area contributed by atoms with Crippen LogP contribution in [0.1, 0.15) is 13.8 Å². The maximum Gasteiger partial charge on any atom is 0.229 e. The first-order valence-corrected chi connectivity index (χ1v) is 4.32. The van der Waals surface area contributed by atoms with Crippen molar-refractivity contribution in [3.05, 3.63) is 12.4 Å². The van der Waals surface area contributed by atoms with E-state index in [1.54, 1.807) is 6.20 Å². The van der Waals surface area contributed by atoms with Crippen molar-refractivity contribution >= 4 is 12.2 Å². The number of nitrogens with zero attached hydrogens (tertiary/aromatic N) is 3. The summed E-state index contributed by atoms with van der Waals surface area (Å²) in [5.74, 6) is 2.06. The molecule has 12 heavy (non-hydrogen) atoms. The van der Waals surface area contributed by atoms with E-state index in [2.05, 4.69) is 28.4 Å². The lowest BCUT2D eigenvalue weighted by Crippen LogP contribution is -2.20. The van der Waals surface area contributed by atoms with Crippen molar-refractivity contribution in [2.75, 3.05) is 0 Å². The highest BCUT2D eigenvalue weighted by Gasteiger charge is 2.17. The molecule has 0 fully saturated rings. The van der Waals surface area contributed by atoms with Gasteiger partial charge in [0.05, 0.1) is 0 Å². The molecule has 2 heterocycles. The Morgan fingerprint density at radius 3 is 3.17 bits per heavy atom. The quantitative estimate of drug-likeness (QED) is 0.621. The maximum atomic E-state index is 4.28. The van der Waals surface area contributed by atoms with Gasteiger partial charge in [-0.3, -0.25) is 0 Å². The zero-order valence-corrected chi connectivity index (χ0v) is 7.44. The predicted molar refractivity (Wildman–Crippen MR) is 48.7 cm³/mol. The number of rotatable bonds is 1. The zero-order chi connectivity index (χ0) is 8.55. The van der Waals surface area contributed by atoms with E-state index < -0.39 is 0 Å². The second-order valence-electron chi connectivity index (χ2n) is 3.57. The van der Waals surface area contributed by atoms with Crippen molar-refractivity contribution < 1.29 is 0 Å². The van der Waals surface area contributed by atoms with Crippen LogP contribution in [0.4, 0.5) is 5.95 Å². The van der Waals surface area contributed by atoms with Gasteiger partial charge in [0, 0.05) is 31.1 Å². The monoisotopic (exact) mass is 163 g/mol. The molecule has 2 rings (SSSR count). The minimum Gasteiger partial charge on any atom is -0.315 e. The van der Waals surface area contributed by atoms with E-state index in [1.807, 2.05) is 12.4 Å². The van der Waals surface area contributed by atoms with Gasteiger partial charge in [-0.25, -0.2) is 9.98 Å². The number of fused-ring (bicyclic) bond motifs is 1. The first-order chi connectivity index (χ1) is 5.77. The van der Waals surface area contributed by atoms with Gasteiger partial charge in [0.25, 0.3) is 0 Å². The van der Waals surface area contributed by atoms with Crippen LogP contribution in [0.2, 0.25) is 0 Å². The molecule has 3 nitrogen and oxygen atoms in total. The van der Waals surface area contributed by atoms with Crippen LogP contribution in [0, 0.1) is 11.8 Å². The third kappa shape index (κ3) is 1.15. The molecular weight excluding hydrogens is 150 g/mol. The maximum absolute atomic E-state index is 4.28. The van der Waals surface area contributed by atoms with E-state index in [1.165, 1.54) is 0 Å². The van der Waals surface area contributed by atoms with Crippen LogP contribution in [0.3, 0.4) is 0 Å². The molecule has 0 saturated heterocycles. The SMILES string of the molecule is CC(C)[C@@H]1C=Nc2nccn2C1. The van der Waals surface area contributed by atoms with Crippen LogP contribution < -0.4 is 0 Å². The van der Waals surface area contributed by atoms with Gasteiger partial charge in [-0.1, -0.05) is 13.8 Å². The van der Waals surface area contributed by atoms with Crippen molar-refractivity contribution in [3.63, 3.8) is 0 Å². The Morgan fingerprint density at radius 2 is 2.42 bits per heavy atom. The Bertz CT molecular complexity index is 298. The molecule has 0 aliphatic carbocycles. The fraction of sp³-hybridized carbons (Fsp3) is 0.556. The number of aromatic nitrogens is 2. The summed E-state index contributed by atoms with van der Waals surface area (Å²) in [5, 5.41) is 0. The van der Waals surface area contributed by atoms with Crippen molar-refractivity contribution in [3.8, 4) is 0 Å². The number of hydrogen-bond acceptors (Lipinski definition) is 2. The Kier molecular flexibility index (Phi) is 1.71.